The second kappa shape index (κ2) is 3.38. The van der Waals surface area contributed by atoms with Crippen molar-refractivity contribution < 1.29 is 7.86 Å². The molecule has 0 aromatic rings. The Hall–Kier alpha value is 0.160. The maximum absolute atomic E-state index is 11.9. The maximum atomic E-state index is 11.9. The third-order valence-corrected chi connectivity index (χ3v) is 3.30. The van der Waals surface area contributed by atoms with E-state index >= 15 is 0 Å². The molecule has 0 bridgehead atoms. The molecule has 0 N–H and O–H groups in total. The van der Waals surface area contributed by atoms with Gasteiger partial charge in [-0.15, -0.1) is 0 Å². The highest BCUT2D eigenvalue weighted by Gasteiger charge is 2.53. The average molecular weight is 295 g/mol. The van der Waals surface area contributed by atoms with E-state index in [2.05, 4.69) is 6.92 Å². The molecule has 0 unspecified atom stereocenters. The minimum atomic E-state index is -0.124. The molecule has 74 valence electrons. The van der Waals surface area contributed by atoms with Crippen LogP contribution in [0.1, 0.15) is 19.8 Å². The van der Waals surface area contributed by atoms with Crippen molar-refractivity contribution in [2.75, 3.05) is 19.7 Å². The van der Waals surface area contributed by atoms with Gasteiger partial charge in [0.2, 0.25) is 5.91 Å². The molecular formula is C9H14INO2. The Morgan fingerprint density at radius 2 is 2.23 bits per heavy atom. The summed E-state index contributed by atoms with van der Waals surface area (Å²) in [6.07, 6.45) is 2.03. The van der Waals surface area contributed by atoms with E-state index < -0.39 is 0 Å². The topological polar surface area (TPSA) is 29.5 Å². The lowest BCUT2D eigenvalue weighted by Crippen LogP contribution is -2.52. The number of nitrogens with zero attached hydrogens (tertiary/aromatic N) is 1. The first-order valence-electron chi connectivity index (χ1n) is 4.71. The largest absolute Gasteiger partial charge is 0.341 e. The molecule has 2 fully saturated rings. The molecule has 0 atom stereocenters. The fourth-order valence-electron chi connectivity index (χ4n) is 1.88. The van der Waals surface area contributed by atoms with Gasteiger partial charge in [-0.05, 0) is 18.8 Å². The number of hydrogen-bond donors (Lipinski definition) is 0. The predicted octanol–water partition coefficient (Wildman–Crippen LogP) is 1.61. The highest BCUT2D eigenvalue weighted by molar-refractivity contribution is 14.1. The highest BCUT2D eigenvalue weighted by Crippen LogP contribution is 2.48. The van der Waals surface area contributed by atoms with Gasteiger partial charge in [-0.2, -0.15) is 0 Å². The lowest BCUT2D eigenvalue weighted by molar-refractivity contribution is -0.144. The van der Waals surface area contributed by atoms with Crippen molar-refractivity contribution in [3.05, 3.63) is 0 Å². The number of carbonyl (C=O) groups is 1. The first kappa shape index (κ1) is 9.71. The fraction of sp³-hybridized carbons (Fsp3) is 0.889. The third kappa shape index (κ3) is 1.70. The van der Waals surface area contributed by atoms with Gasteiger partial charge >= 0.3 is 0 Å². The molecule has 1 saturated carbocycles. The molecule has 3 nitrogen and oxygen atoms in total. The Morgan fingerprint density at radius 1 is 1.62 bits per heavy atom. The van der Waals surface area contributed by atoms with E-state index in [1.165, 1.54) is 0 Å². The Labute approximate surface area is 92.5 Å². The molecule has 4 heteroatoms. The second-order valence-corrected chi connectivity index (χ2v) is 4.97. The van der Waals surface area contributed by atoms with E-state index in [-0.39, 0.29) is 5.41 Å². The van der Waals surface area contributed by atoms with E-state index in [1.807, 2.05) is 27.9 Å². The van der Waals surface area contributed by atoms with E-state index in [4.69, 9.17) is 3.07 Å². The summed E-state index contributed by atoms with van der Waals surface area (Å²) in [5, 5.41) is 0. The number of carbonyl (C=O) groups excluding carboxylic acids is 1. The molecular weight excluding hydrogens is 281 g/mol. The van der Waals surface area contributed by atoms with Crippen molar-refractivity contribution in [1.82, 2.24) is 4.90 Å². The zero-order valence-corrected chi connectivity index (χ0v) is 9.91. The summed E-state index contributed by atoms with van der Waals surface area (Å²) < 4.78 is 5.06. The summed E-state index contributed by atoms with van der Waals surface area (Å²) in [7, 11) is 0. The summed E-state index contributed by atoms with van der Waals surface area (Å²) in [6, 6.07) is 0. The van der Waals surface area contributed by atoms with Gasteiger partial charge in [-0.3, -0.25) is 4.79 Å². The van der Waals surface area contributed by atoms with Gasteiger partial charge in [0.25, 0.3) is 0 Å². The van der Waals surface area contributed by atoms with Crippen LogP contribution in [0.4, 0.5) is 0 Å². The molecule has 0 aromatic heterocycles. The van der Waals surface area contributed by atoms with E-state index in [0.717, 1.165) is 25.9 Å². The first-order valence-corrected chi connectivity index (χ1v) is 5.59. The molecule has 0 aromatic carbocycles. The molecule has 1 saturated heterocycles. The molecule has 1 heterocycles. The number of hydrogen-bond acceptors (Lipinski definition) is 2. The zero-order valence-electron chi connectivity index (χ0n) is 7.75. The minimum Gasteiger partial charge on any atom is -0.341 e. The summed E-state index contributed by atoms with van der Waals surface area (Å²) in [6.45, 7) is 4.67. The van der Waals surface area contributed by atoms with Crippen molar-refractivity contribution in [3.63, 3.8) is 0 Å². The van der Waals surface area contributed by atoms with E-state index in [1.54, 1.807) is 0 Å². The van der Waals surface area contributed by atoms with Crippen LogP contribution >= 0.6 is 23.0 Å². The minimum absolute atomic E-state index is 0.124. The smallest absolute Gasteiger partial charge is 0.231 e. The van der Waals surface area contributed by atoms with Crippen LogP contribution < -0.4 is 0 Å². The molecule has 2 rings (SSSR count). The van der Waals surface area contributed by atoms with Crippen LogP contribution in [0.5, 0.6) is 0 Å². The second-order valence-electron chi connectivity index (χ2n) is 4.35. The Bertz CT molecular complexity index is 222. The van der Waals surface area contributed by atoms with Crippen LogP contribution in [0.25, 0.3) is 0 Å². The summed E-state index contributed by atoms with van der Waals surface area (Å²) in [5.74, 6) is 1.02. The number of likely N-dealkylation sites (tertiary alicyclic amines) is 1. The Morgan fingerprint density at radius 3 is 2.62 bits per heavy atom. The average Bonchev–Trinajstić information content (AvgIpc) is 2.80. The standard InChI is InChI=1S/C9H14INO2/c1-7-4-11(5-7)8(12)9(2-3-9)6-13-10/h7H,2-6H2,1H3. The number of halogens is 1. The van der Waals surface area contributed by atoms with Gasteiger partial charge in [0.05, 0.1) is 12.0 Å². The van der Waals surface area contributed by atoms with Gasteiger partial charge in [-0.1, -0.05) is 6.92 Å². The lowest BCUT2D eigenvalue weighted by Gasteiger charge is -2.39. The van der Waals surface area contributed by atoms with Crippen LogP contribution in [0.3, 0.4) is 0 Å². The monoisotopic (exact) mass is 295 g/mol. The third-order valence-electron chi connectivity index (χ3n) is 2.99. The molecule has 0 spiro atoms. The summed E-state index contributed by atoms with van der Waals surface area (Å²) >= 11 is 1.87. The predicted molar refractivity (Wildman–Crippen MR) is 57.4 cm³/mol. The van der Waals surface area contributed by atoms with Crippen molar-refractivity contribution >= 4 is 28.9 Å². The number of rotatable bonds is 3. The van der Waals surface area contributed by atoms with Gasteiger partial charge < -0.3 is 7.97 Å². The van der Waals surface area contributed by atoms with Crippen LogP contribution in [-0.2, 0) is 7.86 Å². The first-order chi connectivity index (χ1) is 6.18. The molecule has 0 radical (unpaired) electrons. The quantitative estimate of drug-likeness (QED) is 0.740. The number of amides is 1. The summed E-state index contributed by atoms with van der Waals surface area (Å²) in [4.78, 5) is 13.9. The van der Waals surface area contributed by atoms with Crippen molar-refractivity contribution in [2.24, 2.45) is 11.3 Å². The Balaban J connectivity index is 1.90. The van der Waals surface area contributed by atoms with Crippen LogP contribution in [-0.4, -0.2) is 30.5 Å². The molecule has 1 aliphatic carbocycles. The van der Waals surface area contributed by atoms with Crippen LogP contribution in [0.15, 0.2) is 0 Å². The SMILES string of the molecule is CC1CN(C(=O)C2(COI)CC2)C1. The fourth-order valence-corrected chi connectivity index (χ4v) is 2.47. The highest BCUT2D eigenvalue weighted by atomic mass is 127. The normalized spacial score (nSPS) is 25.5. The molecule has 13 heavy (non-hydrogen) atoms. The van der Waals surface area contributed by atoms with Gasteiger partial charge in [-0.25, -0.2) is 0 Å². The van der Waals surface area contributed by atoms with Crippen molar-refractivity contribution in [3.8, 4) is 0 Å². The van der Waals surface area contributed by atoms with Crippen molar-refractivity contribution in [1.29, 1.82) is 0 Å². The maximum Gasteiger partial charge on any atom is 0.231 e. The van der Waals surface area contributed by atoms with E-state index in [0.29, 0.717) is 18.4 Å². The van der Waals surface area contributed by atoms with Crippen molar-refractivity contribution in [2.45, 2.75) is 19.8 Å². The molecule has 2 aliphatic rings. The van der Waals surface area contributed by atoms with Gasteiger partial charge in [0.15, 0.2) is 0 Å². The van der Waals surface area contributed by atoms with Crippen LogP contribution in [0.2, 0.25) is 0 Å². The molecule has 1 amide bonds. The van der Waals surface area contributed by atoms with Crippen LogP contribution in [0, 0.1) is 11.3 Å². The zero-order chi connectivity index (χ0) is 9.47. The summed E-state index contributed by atoms with van der Waals surface area (Å²) in [5.41, 5.74) is -0.124. The lowest BCUT2D eigenvalue weighted by atomic mass is 9.98. The van der Waals surface area contributed by atoms with Gasteiger partial charge in [0, 0.05) is 13.1 Å². The van der Waals surface area contributed by atoms with E-state index in [9.17, 15) is 4.79 Å². The molecule has 1 aliphatic heterocycles. The Kier molecular flexibility index (Phi) is 2.53. The van der Waals surface area contributed by atoms with Gasteiger partial charge in [0.1, 0.15) is 23.0 Å².